The van der Waals surface area contributed by atoms with Gasteiger partial charge in [0.15, 0.2) is 0 Å². The minimum absolute atomic E-state index is 0.0345. The van der Waals surface area contributed by atoms with Gasteiger partial charge in [0.05, 0.1) is 0 Å². The highest BCUT2D eigenvalue weighted by molar-refractivity contribution is 6.81. The van der Waals surface area contributed by atoms with E-state index >= 15 is 0 Å². The summed E-state index contributed by atoms with van der Waals surface area (Å²) in [6.45, 7) is 22.0. The van der Waals surface area contributed by atoms with E-state index in [2.05, 4.69) is 62.3 Å². The van der Waals surface area contributed by atoms with Crippen LogP contribution in [-0.4, -0.2) is 13.1 Å². The van der Waals surface area contributed by atoms with Gasteiger partial charge in [-0.1, -0.05) is 293 Å². The summed E-state index contributed by atoms with van der Waals surface area (Å²) in [5.74, 6) is 0. The molecule has 53 heavy (non-hydrogen) atoms. The fourth-order valence-corrected chi connectivity index (χ4v) is 17.6. The molecule has 320 valence electrons. The molecule has 0 saturated carbocycles. The van der Waals surface area contributed by atoms with Crippen molar-refractivity contribution in [3.8, 4) is 0 Å². The molecule has 0 rings (SSSR count). The van der Waals surface area contributed by atoms with Gasteiger partial charge in [-0.25, -0.2) is 0 Å². The lowest BCUT2D eigenvalue weighted by atomic mass is 9.99. The molecule has 0 aromatic rings. The molecule has 0 unspecified atom stereocenters. The lowest BCUT2D eigenvalue weighted by molar-refractivity contribution is 0.301. The maximum Gasteiger partial charge on any atom is 0.205 e. The summed E-state index contributed by atoms with van der Waals surface area (Å²) < 4.78 is 0. The normalized spacial score (nSPS) is 13.0. The Morgan fingerprint density at radius 1 is 0.245 bits per heavy atom. The predicted molar refractivity (Wildman–Crippen MR) is 247 cm³/mol. The van der Waals surface area contributed by atoms with Crippen LogP contribution in [0, 0.1) is 0 Å². The Morgan fingerprint density at radius 3 is 0.528 bits per heavy atom. The fourth-order valence-electron chi connectivity index (χ4n) is 10.5. The maximum absolute atomic E-state index is 13.5. The molecule has 0 fully saturated rings. The quantitative estimate of drug-likeness (QED) is 0.0485. The lowest BCUT2D eigenvalue weighted by Crippen LogP contribution is -2.61. The number of unbranched alkanes of at least 4 members (excludes halogenated alkanes) is 33. The number of hydrogen-bond donors (Lipinski definition) is 1. The molecule has 0 saturated heterocycles. The maximum atomic E-state index is 13.5. The molecule has 0 radical (unpaired) electrons. The summed E-state index contributed by atoms with van der Waals surface area (Å²) in [5, 5.41) is 0.103. The van der Waals surface area contributed by atoms with Gasteiger partial charge in [0.1, 0.15) is 0 Å². The van der Waals surface area contributed by atoms with E-state index < -0.39 is 8.32 Å². The number of hydrogen-bond acceptors (Lipinski definition) is 1. The van der Waals surface area contributed by atoms with Crippen LogP contribution in [0.5, 0.6) is 0 Å². The monoisotopic (exact) mass is 763 g/mol. The van der Waals surface area contributed by atoms with Crippen molar-refractivity contribution in [3.63, 3.8) is 0 Å². The van der Waals surface area contributed by atoms with Crippen molar-refractivity contribution in [1.29, 1.82) is 0 Å². The third-order valence-electron chi connectivity index (χ3n) is 13.9. The Balaban J connectivity index is 5.00. The Labute approximate surface area is 339 Å². The Kier molecular flexibility index (Phi) is 34.4. The van der Waals surface area contributed by atoms with Crippen LogP contribution in [0.4, 0.5) is 0 Å². The lowest BCUT2D eigenvalue weighted by Gasteiger charge is -2.58. The molecule has 1 N–H and O–H groups in total. The van der Waals surface area contributed by atoms with Crippen molar-refractivity contribution in [2.45, 2.75) is 328 Å². The molecule has 0 spiro atoms. The first-order valence-corrected chi connectivity index (χ1v) is 27.1. The second kappa shape index (κ2) is 34.2. The highest BCUT2D eigenvalue weighted by Gasteiger charge is 2.63. The summed E-state index contributed by atoms with van der Waals surface area (Å²) >= 11 is 0. The van der Waals surface area contributed by atoms with E-state index in [1.165, 1.54) is 250 Å². The van der Waals surface area contributed by atoms with Crippen LogP contribution in [0.2, 0.25) is 15.1 Å². The molecule has 0 aromatic heterocycles. The second-order valence-corrected chi connectivity index (χ2v) is 25.8. The second-order valence-electron chi connectivity index (χ2n) is 20.3. The van der Waals surface area contributed by atoms with E-state index in [9.17, 15) is 4.80 Å². The topological polar surface area (TPSA) is 20.2 Å². The van der Waals surface area contributed by atoms with Gasteiger partial charge in [0.25, 0.3) is 0 Å². The van der Waals surface area contributed by atoms with Gasteiger partial charge >= 0.3 is 0 Å². The first-order chi connectivity index (χ1) is 25.4. The Bertz CT molecular complexity index is 656. The highest BCUT2D eigenvalue weighted by Crippen LogP contribution is 2.65. The minimum Gasteiger partial charge on any atom is -0.430 e. The average molecular weight is 763 g/mol. The zero-order chi connectivity index (χ0) is 39.6. The van der Waals surface area contributed by atoms with Crippen LogP contribution >= 0.6 is 0 Å². The van der Waals surface area contributed by atoms with Crippen LogP contribution in [0.1, 0.15) is 313 Å². The van der Waals surface area contributed by atoms with Crippen LogP contribution in [-0.2, 0) is 0 Å². The molecule has 0 heterocycles. The largest absolute Gasteiger partial charge is 0.430 e. The van der Waals surface area contributed by atoms with Gasteiger partial charge in [-0.2, -0.15) is 0 Å². The Morgan fingerprint density at radius 2 is 0.377 bits per heavy atom. The van der Waals surface area contributed by atoms with Crippen molar-refractivity contribution in [3.05, 3.63) is 0 Å². The molecule has 2 heteroatoms. The summed E-state index contributed by atoms with van der Waals surface area (Å²) in [6, 6.07) is 0. The summed E-state index contributed by atoms with van der Waals surface area (Å²) in [6.07, 6.45) is 54.1. The molecule has 0 aliphatic rings. The van der Waals surface area contributed by atoms with Crippen LogP contribution < -0.4 is 0 Å². The smallest absolute Gasteiger partial charge is 0.205 e. The van der Waals surface area contributed by atoms with Gasteiger partial charge < -0.3 is 4.80 Å². The molecule has 1 nitrogen and oxygen atoms in total. The van der Waals surface area contributed by atoms with Gasteiger partial charge in [-0.15, -0.1) is 0 Å². The predicted octanol–water partition coefficient (Wildman–Crippen LogP) is 19.5. The molecule has 0 aromatic carbocycles. The van der Waals surface area contributed by atoms with Gasteiger partial charge in [-0.05, 0) is 34.4 Å². The molecule has 0 aliphatic carbocycles. The average Bonchev–Trinajstić information content (AvgIpc) is 3.12. The van der Waals surface area contributed by atoms with E-state index in [1.807, 2.05) is 0 Å². The number of rotatable bonds is 42. The first kappa shape index (κ1) is 53.2. The molecule has 0 atom stereocenters. The minimum atomic E-state index is -2.73. The van der Waals surface area contributed by atoms with Gasteiger partial charge in [0, 0.05) is 0 Å². The molecule has 0 aliphatic heterocycles. The van der Waals surface area contributed by atoms with E-state index in [0.29, 0.717) is 0 Å². The van der Waals surface area contributed by atoms with Crippen molar-refractivity contribution in [1.82, 2.24) is 0 Å². The summed E-state index contributed by atoms with van der Waals surface area (Å²) in [4.78, 5) is 13.5. The van der Waals surface area contributed by atoms with Crippen LogP contribution in [0.15, 0.2) is 0 Å². The summed E-state index contributed by atoms with van der Waals surface area (Å²) in [5.41, 5.74) is 0. The summed E-state index contributed by atoms with van der Waals surface area (Å²) in [7, 11) is -2.73. The first-order valence-electron chi connectivity index (χ1n) is 25.2. The van der Waals surface area contributed by atoms with Crippen molar-refractivity contribution in [2.24, 2.45) is 0 Å². The third kappa shape index (κ3) is 25.2. The molecule has 0 amide bonds. The SMILES string of the molecule is CCCCCCCCCCCCCCC(C)(C)[Si](O)(C(C)(C)CCCCCCCCCCCCCC)C(C)(C)CCCCCCCCCCCCCC. The van der Waals surface area contributed by atoms with E-state index in [-0.39, 0.29) is 15.1 Å². The van der Waals surface area contributed by atoms with Crippen molar-refractivity contribution >= 4 is 8.32 Å². The fraction of sp³-hybridized carbons (Fsp3) is 1.00. The molecule has 0 bridgehead atoms. The Hall–Kier alpha value is 0.177. The molecular formula is C51H106OSi. The van der Waals surface area contributed by atoms with E-state index in [0.717, 1.165) is 0 Å². The standard InChI is InChI=1S/C51H106OSi/c1-10-13-16-19-22-25-28-31-34-37-40-43-46-49(4,5)53(52,50(6,7)47-44-41-38-35-32-29-26-23-20-17-14-11-2)51(8,9)48-45-42-39-36-33-30-27-24-21-18-15-12-3/h52H,10-48H2,1-9H3. The van der Waals surface area contributed by atoms with E-state index in [4.69, 9.17) is 0 Å². The molecular weight excluding hydrogens is 657 g/mol. The zero-order valence-corrected chi connectivity index (χ0v) is 40.0. The highest BCUT2D eigenvalue weighted by atomic mass is 28.4. The van der Waals surface area contributed by atoms with E-state index in [1.54, 1.807) is 0 Å². The van der Waals surface area contributed by atoms with Crippen LogP contribution in [0.25, 0.3) is 0 Å². The van der Waals surface area contributed by atoms with Crippen LogP contribution in [0.3, 0.4) is 0 Å². The zero-order valence-electron chi connectivity index (χ0n) is 39.0. The third-order valence-corrected chi connectivity index (χ3v) is 20.5. The van der Waals surface area contributed by atoms with Crippen molar-refractivity contribution < 1.29 is 4.80 Å². The van der Waals surface area contributed by atoms with Gasteiger partial charge in [0.2, 0.25) is 8.32 Å². The van der Waals surface area contributed by atoms with Gasteiger partial charge in [-0.3, -0.25) is 0 Å². The van der Waals surface area contributed by atoms with Crippen molar-refractivity contribution in [2.75, 3.05) is 0 Å².